The van der Waals surface area contributed by atoms with Crippen LogP contribution in [0.5, 0.6) is 0 Å². The molecule has 1 aliphatic rings. The lowest BCUT2D eigenvalue weighted by molar-refractivity contribution is -0.149. The molecular formula is C23H35ClFN6O7PS2. The summed E-state index contributed by atoms with van der Waals surface area (Å²) in [6.07, 6.45) is -2.70. The maximum absolute atomic E-state index is 15.6. The molecule has 0 bridgehead atoms. The molecule has 2 aromatic rings. The van der Waals surface area contributed by atoms with Crippen molar-refractivity contribution in [2.24, 2.45) is 5.41 Å². The first-order chi connectivity index (χ1) is 19.0. The number of halogens is 2. The summed E-state index contributed by atoms with van der Waals surface area (Å²) in [5.74, 6) is -0.251. The Morgan fingerprint density at radius 1 is 1.34 bits per heavy atom. The van der Waals surface area contributed by atoms with Crippen molar-refractivity contribution in [3.63, 3.8) is 0 Å². The van der Waals surface area contributed by atoms with E-state index in [0.29, 0.717) is 0 Å². The molecule has 0 spiro atoms. The lowest BCUT2D eigenvalue weighted by atomic mass is 10.00. The third-order valence-electron chi connectivity index (χ3n) is 5.68. The van der Waals surface area contributed by atoms with E-state index in [1.807, 2.05) is 0 Å². The number of hydrogen-bond donors (Lipinski definition) is 3. The summed E-state index contributed by atoms with van der Waals surface area (Å²) in [5.41, 5.74) is 5.63. The number of carbonyl (C=O) groups excluding carboxylic acids is 2. The number of ether oxygens (including phenoxy) is 2. The molecule has 1 saturated heterocycles. The van der Waals surface area contributed by atoms with Crippen LogP contribution in [0.2, 0.25) is 0 Å². The number of alkyl halides is 2. The minimum Gasteiger partial charge on any atom is -0.462 e. The molecule has 230 valence electrons. The van der Waals surface area contributed by atoms with Gasteiger partial charge in [0.25, 0.3) is 11.8 Å². The molecule has 0 aliphatic carbocycles. The van der Waals surface area contributed by atoms with Gasteiger partial charge in [-0.15, -0.1) is 0 Å². The van der Waals surface area contributed by atoms with E-state index in [1.165, 1.54) is 24.1 Å². The second-order valence-corrected chi connectivity index (χ2v) is 15.4. The quantitative estimate of drug-likeness (QED) is 0.132. The van der Waals surface area contributed by atoms with Crippen LogP contribution in [-0.4, -0.2) is 84.2 Å². The average Bonchev–Trinajstić information content (AvgIpc) is 3.38. The van der Waals surface area contributed by atoms with Crippen LogP contribution in [0.15, 0.2) is 12.7 Å². The molecule has 1 fully saturated rings. The highest BCUT2D eigenvalue weighted by molar-refractivity contribution is 8.13. The number of hydrogen-bond acceptors (Lipinski definition) is 13. The Hall–Kier alpha value is -1.49. The van der Waals surface area contributed by atoms with Crippen molar-refractivity contribution in [1.29, 1.82) is 0 Å². The molecule has 6 atom stereocenters. The predicted molar refractivity (Wildman–Crippen MR) is 156 cm³/mol. The zero-order valence-electron chi connectivity index (χ0n) is 23.4. The smallest absolute Gasteiger partial charge is 0.323 e. The van der Waals surface area contributed by atoms with E-state index in [9.17, 15) is 14.7 Å². The third-order valence-corrected chi connectivity index (χ3v) is 9.99. The highest BCUT2D eigenvalue weighted by Gasteiger charge is 2.58. The number of nitrogens with two attached hydrogens (primary N) is 1. The monoisotopic (exact) mass is 656 g/mol. The summed E-state index contributed by atoms with van der Waals surface area (Å²) in [7, 11) is 0. The zero-order valence-corrected chi connectivity index (χ0v) is 26.7. The van der Waals surface area contributed by atoms with Crippen molar-refractivity contribution in [3.05, 3.63) is 12.7 Å². The van der Waals surface area contributed by atoms with Crippen LogP contribution in [0.4, 0.5) is 10.2 Å². The molecule has 41 heavy (non-hydrogen) atoms. The van der Waals surface area contributed by atoms with E-state index >= 15 is 4.39 Å². The molecule has 3 rings (SSSR count). The summed E-state index contributed by atoms with van der Waals surface area (Å²) >= 11 is 12.8. The Kier molecular flexibility index (Phi) is 11.1. The molecular weight excluding hydrogens is 622 g/mol. The van der Waals surface area contributed by atoms with Gasteiger partial charge >= 0.3 is 5.97 Å². The SMILES string of the molecule is CC(C)OC(=O)C(C)NP(=S)(OCCSC(=O)C(C)(C)C)OC[C@H]1O[C@@H](n2cnc3c(N)ncnc32)[C@@](F)(Cl)[C@@H]1O. The number of thioether (sulfide) groups is 1. The molecule has 2 aromatic heterocycles. The summed E-state index contributed by atoms with van der Waals surface area (Å²) < 4.78 is 39.5. The molecule has 18 heteroatoms. The van der Waals surface area contributed by atoms with E-state index in [1.54, 1.807) is 34.6 Å². The molecule has 0 aromatic carbocycles. The van der Waals surface area contributed by atoms with Gasteiger partial charge < -0.3 is 29.4 Å². The number of nitrogens with one attached hydrogen (secondary N) is 1. The number of aliphatic hydroxyl groups excluding tert-OH is 1. The summed E-state index contributed by atoms with van der Waals surface area (Å²) in [5, 5.41) is 10.7. The van der Waals surface area contributed by atoms with Gasteiger partial charge in [-0.25, -0.2) is 24.4 Å². The number of carbonyl (C=O) groups is 2. The number of aromatic nitrogens is 4. The Balaban J connectivity index is 1.74. The van der Waals surface area contributed by atoms with Gasteiger partial charge in [-0.2, -0.15) is 0 Å². The molecule has 0 radical (unpaired) electrons. The van der Waals surface area contributed by atoms with Gasteiger partial charge in [-0.3, -0.25) is 14.2 Å². The van der Waals surface area contributed by atoms with E-state index < -0.39 is 54.2 Å². The standard InChI is InChI=1S/C23H35ClFN6O7PS2/c1-12(2)37-19(33)13(3)30-39(40,35-7-8-41-21(34)22(4,5)6)36-9-14-16(32)23(24,25)20(38-14)31-11-29-15-17(26)27-10-28-18(15)31/h10-14,16,20,32H,7-9H2,1-6H3,(H,30,40)(H2,26,27,28)/t13?,14-,16-,20-,23-,39?/m1/s1. The number of imidazole rings is 1. The van der Waals surface area contributed by atoms with Gasteiger partial charge in [0.15, 0.2) is 22.8 Å². The van der Waals surface area contributed by atoms with Crippen LogP contribution < -0.4 is 10.8 Å². The maximum Gasteiger partial charge on any atom is 0.323 e. The molecule has 3 heterocycles. The van der Waals surface area contributed by atoms with Gasteiger partial charge in [0, 0.05) is 11.2 Å². The van der Waals surface area contributed by atoms with E-state index in [2.05, 4.69) is 20.0 Å². The molecule has 13 nitrogen and oxygen atoms in total. The normalized spacial score (nSPS) is 25.4. The minimum atomic E-state index is -3.47. The highest BCUT2D eigenvalue weighted by Crippen LogP contribution is 2.49. The molecule has 2 unspecified atom stereocenters. The van der Waals surface area contributed by atoms with Gasteiger partial charge in [0.1, 0.15) is 30.1 Å². The second kappa shape index (κ2) is 13.4. The first kappa shape index (κ1) is 34.0. The fraction of sp³-hybridized carbons (Fsp3) is 0.696. The van der Waals surface area contributed by atoms with Crippen molar-refractivity contribution in [1.82, 2.24) is 24.6 Å². The fourth-order valence-corrected chi connectivity index (χ4v) is 7.13. The lowest BCUT2D eigenvalue weighted by Crippen LogP contribution is -2.39. The lowest BCUT2D eigenvalue weighted by Gasteiger charge is -2.28. The van der Waals surface area contributed by atoms with Crippen molar-refractivity contribution in [2.45, 2.75) is 77.3 Å². The number of rotatable bonds is 12. The number of nitrogens with zero attached hydrogens (tertiary/aromatic N) is 4. The number of aliphatic hydroxyl groups is 1. The van der Waals surface area contributed by atoms with E-state index in [4.69, 9.17) is 47.7 Å². The summed E-state index contributed by atoms with van der Waals surface area (Å²) in [4.78, 5) is 36.7. The topological polar surface area (TPSA) is 173 Å². The maximum atomic E-state index is 15.6. The summed E-state index contributed by atoms with van der Waals surface area (Å²) in [6, 6.07) is -0.926. The van der Waals surface area contributed by atoms with E-state index in [-0.39, 0.29) is 40.6 Å². The van der Waals surface area contributed by atoms with Crippen molar-refractivity contribution < 1.29 is 37.6 Å². The first-order valence-electron chi connectivity index (χ1n) is 12.6. The van der Waals surface area contributed by atoms with Crippen molar-refractivity contribution >= 4 is 69.9 Å². The molecule has 0 saturated carbocycles. The number of esters is 1. The Morgan fingerprint density at radius 2 is 2.02 bits per heavy atom. The second-order valence-electron chi connectivity index (χ2n) is 10.6. The van der Waals surface area contributed by atoms with Crippen molar-refractivity contribution in [3.8, 4) is 0 Å². The molecule has 4 N–H and O–H groups in total. The number of anilines is 1. The van der Waals surface area contributed by atoms with Crippen LogP contribution in [0.25, 0.3) is 11.2 Å². The summed E-state index contributed by atoms with van der Waals surface area (Å²) in [6.45, 7) is 6.41. The Labute approximate surface area is 251 Å². The Morgan fingerprint density at radius 3 is 2.66 bits per heavy atom. The average molecular weight is 657 g/mol. The largest absolute Gasteiger partial charge is 0.462 e. The minimum absolute atomic E-state index is 0.00409. The van der Waals surface area contributed by atoms with Gasteiger partial charge in [-0.1, -0.05) is 44.1 Å². The van der Waals surface area contributed by atoms with E-state index in [0.717, 1.165) is 11.8 Å². The molecule has 1 aliphatic heterocycles. The fourth-order valence-electron chi connectivity index (χ4n) is 3.56. The van der Waals surface area contributed by atoms with Gasteiger partial charge in [0.2, 0.25) is 0 Å². The first-order valence-corrected chi connectivity index (χ1v) is 16.7. The van der Waals surface area contributed by atoms with Crippen LogP contribution in [-0.2, 0) is 39.9 Å². The van der Waals surface area contributed by atoms with Crippen LogP contribution in [0.1, 0.15) is 47.8 Å². The third kappa shape index (κ3) is 8.33. The van der Waals surface area contributed by atoms with Gasteiger partial charge in [0.05, 0.1) is 25.6 Å². The van der Waals surface area contributed by atoms with Gasteiger partial charge in [-0.05, 0) is 32.6 Å². The molecule has 0 amide bonds. The number of nitrogen functional groups attached to an aromatic ring is 1. The van der Waals surface area contributed by atoms with Crippen LogP contribution in [0.3, 0.4) is 0 Å². The number of fused-ring (bicyclic) bond motifs is 1. The highest BCUT2D eigenvalue weighted by atomic mass is 35.5. The van der Waals surface area contributed by atoms with Crippen molar-refractivity contribution in [2.75, 3.05) is 24.7 Å². The Bertz CT molecular complexity index is 1300. The predicted octanol–water partition coefficient (Wildman–Crippen LogP) is 3.06. The zero-order chi connectivity index (χ0) is 30.8. The van der Waals surface area contributed by atoms with Crippen LogP contribution in [0, 0.1) is 5.41 Å². The van der Waals surface area contributed by atoms with Crippen LogP contribution >= 0.6 is 30.0 Å².